The van der Waals surface area contributed by atoms with Gasteiger partial charge in [-0.25, -0.2) is 0 Å². The molecule has 0 aliphatic rings. The largest absolute Gasteiger partial charge is 0.472 e. The molecule has 0 saturated heterocycles. The van der Waals surface area contributed by atoms with Crippen LogP contribution in [0.2, 0.25) is 0 Å². The molecule has 0 bridgehead atoms. The van der Waals surface area contributed by atoms with Crippen LogP contribution in [0.1, 0.15) is 12.5 Å². The van der Waals surface area contributed by atoms with Gasteiger partial charge in [-0.1, -0.05) is 0 Å². The van der Waals surface area contributed by atoms with Crippen LogP contribution in [0, 0.1) is 0 Å². The number of hydrogen-bond donors (Lipinski definition) is 1. The van der Waals surface area contributed by atoms with Gasteiger partial charge in [0.05, 0.1) is 24.7 Å². The van der Waals surface area contributed by atoms with E-state index in [1.54, 1.807) is 19.6 Å². The number of aliphatic hydroxyl groups is 1. The second kappa shape index (κ2) is 4.28. The Kier molecular flexibility index (Phi) is 3.31. The Morgan fingerprint density at radius 1 is 1.67 bits per heavy atom. The molecule has 68 valence electrons. The van der Waals surface area contributed by atoms with Gasteiger partial charge in [-0.2, -0.15) is 0 Å². The summed E-state index contributed by atoms with van der Waals surface area (Å²) in [6, 6.07) is 1.84. The number of furan rings is 1. The summed E-state index contributed by atoms with van der Waals surface area (Å²) in [4.78, 5) is 0. The minimum atomic E-state index is -0.465. The standard InChI is InChI=1S/C9H14O3/c1-7(11-2)9(10)5-8-3-4-12-6-8/h3-4,6-7,9-10H,5H2,1-2H3. The summed E-state index contributed by atoms with van der Waals surface area (Å²) in [6.07, 6.45) is 3.20. The molecular weight excluding hydrogens is 156 g/mol. The van der Waals surface area contributed by atoms with E-state index in [1.807, 2.05) is 13.0 Å². The van der Waals surface area contributed by atoms with E-state index < -0.39 is 6.10 Å². The lowest BCUT2D eigenvalue weighted by Gasteiger charge is -2.15. The van der Waals surface area contributed by atoms with Crippen molar-refractivity contribution in [2.24, 2.45) is 0 Å². The Labute approximate surface area is 72.0 Å². The first-order valence-electron chi connectivity index (χ1n) is 3.96. The van der Waals surface area contributed by atoms with E-state index in [1.165, 1.54) is 0 Å². The fourth-order valence-corrected chi connectivity index (χ4v) is 0.973. The first-order chi connectivity index (χ1) is 5.74. The Balaban J connectivity index is 2.41. The van der Waals surface area contributed by atoms with Gasteiger partial charge in [-0.3, -0.25) is 0 Å². The Morgan fingerprint density at radius 2 is 2.42 bits per heavy atom. The van der Waals surface area contributed by atoms with Crippen molar-refractivity contribution in [3.63, 3.8) is 0 Å². The van der Waals surface area contributed by atoms with Crippen molar-refractivity contribution >= 4 is 0 Å². The molecule has 12 heavy (non-hydrogen) atoms. The molecule has 1 aromatic heterocycles. The van der Waals surface area contributed by atoms with E-state index in [2.05, 4.69) is 0 Å². The van der Waals surface area contributed by atoms with E-state index in [0.717, 1.165) is 5.56 Å². The molecule has 0 spiro atoms. The van der Waals surface area contributed by atoms with Gasteiger partial charge in [0.2, 0.25) is 0 Å². The number of ether oxygens (including phenoxy) is 1. The van der Waals surface area contributed by atoms with Crippen LogP contribution < -0.4 is 0 Å². The fourth-order valence-electron chi connectivity index (χ4n) is 0.973. The highest BCUT2D eigenvalue weighted by Gasteiger charge is 2.13. The lowest BCUT2D eigenvalue weighted by atomic mass is 10.1. The third kappa shape index (κ3) is 2.36. The Hall–Kier alpha value is -0.800. The molecule has 3 nitrogen and oxygen atoms in total. The van der Waals surface area contributed by atoms with Crippen LogP contribution in [0.3, 0.4) is 0 Å². The predicted molar refractivity (Wildman–Crippen MR) is 44.9 cm³/mol. The van der Waals surface area contributed by atoms with Gasteiger partial charge in [0, 0.05) is 13.5 Å². The van der Waals surface area contributed by atoms with Crippen LogP contribution in [0.5, 0.6) is 0 Å². The summed E-state index contributed by atoms with van der Waals surface area (Å²) in [5, 5.41) is 9.52. The van der Waals surface area contributed by atoms with Crippen molar-refractivity contribution < 1.29 is 14.3 Å². The molecule has 0 radical (unpaired) electrons. The van der Waals surface area contributed by atoms with E-state index in [0.29, 0.717) is 6.42 Å². The van der Waals surface area contributed by atoms with Crippen molar-refractivity contribution in [3.05, 3.63) is 24.2 Å². The zero-order valence-corrected chi connectivity index (χ0v) is 7.36. The third-order valence-electron chi connectivity index (χ3n) is 1.94. The highest BCUT2D eigenvalue weighted by molar-refractivity contribution is 5.06. The first kappa shape index (κ1) is 9.29. The zero-order valence-electron chi connectivity index (χ0n) is 7.36. The van der Waals surface area contributed by atoms with Crippen molar-refractivity contribution in [2.45, 2.75) is 25.6 Å². The molecular formula is C9H14O3. The first-order valence-corrected chi connectivity index (χ1v) is 3.96. The molecule has 0 saturated carbocycles. The van der Waals surface area contributed by atoms with E-state index in [9.17, 15) is 5.11 Å². The average Bonchev–Trinajstić information content (AvgIpc) is 2.55. The number of hydrogen-bond acceptors (Lipinski definition) is 3. The van der Waals surface area contributed by atoms with Crippen molar-refractivity contribution in [1.29, 1.82) is 0 Å². The quantitative estimate of drug-likeness (QED) is 0.738. The van der Waals surface area contributed by atoms with Gasteiger partial charge in [-0.05, 0) is 18.6 Å². The van der Waals surface area contributed by atoms with Crippen molar-refractivity contribution in [1.82, 2.24) is 0 Å². The molecule has 0 fully saturated rings. The van der Waals surface area contributed by atoms with Gasteiger partial charge in [0.25, 0.3) is 0 Å². The monoisotopic (exact) mass is 170 g/mol. The fraction of sp³-hybridized carbons (Fsp3) is 0.556. The van der Waals surface area contributed by atoms with Crippen LogP contribution in [-0.2, 0) is 11.2 Å². The van der Waals surface area contributed by atoms with Gasteiger partial charge in [0.15, 0.2) is 0 Å². The predicted octanol–water partition coefficient (Wildman–Crippen LogP) is 1.22. The lowest BCUT2D eigenvalue weighted by molar-refractivity contribution is 0.000350. The molecule has 2 unspecified atom stereocenters. The second-order valence-corrected chi connectivity index (χ2v) is 2.84. The number of methoxy groups -OCH3 is 1. The molecule has 3 heteroatoms. The van der Waals surface area contributed by atoms with Crippen LogP contribution in [0.4, 0.5) is 0 Å². The molecule has 1 N–H and O–H groups in total. The molecule has 1 heterocycles. The summed E-state index contributed by atoms with van der Waals surface area (Å²) in [5.74, 6) is 0. The third-order valence-corrected chi connectivity index (χ3v) is 1.94. The molecule has 0 aliphatic carbocycles. The molecule has 1 rings (SSSR count). The smallest absolute Gasteiger partial charge is 0.0935 e. The minimum absolute atomic E-state index is 0.139. The highest BCUT2D eigenvalue weighted by Crippen LogP contribution is 2.07. The topological polar surface area (TPSA) is 42.6 Å². The van der Waals surface area contributed by atoms with Crippen molar-refractivity contribution in [3.8, 4) is 0 Å². The molecule has 1 aromatic rings. The molecule has 0 amide bonds. The highest BCUT2D eigenvalue weighted by atomic mass is 16.5. The van der Waals surface area contributed by atoms with Crippen LogP contribution in [0.15, 0.2) is 23.0 Å². The van der Waals surface area contributed by atoms with Crippen LogP contribution in [-0.4, -0.2) is 24.4 Å². The second-order valence-electron chi connectivity index (χ2n) is 2.84. The summed E-state index contributed by atoms with van der Waals surface area (Å²) >= 11 is 0. The van der Waals surface area contributed by atoms with Gasteiger partial charge < -0.3 is 14.3 Å². The van der Waals surface area contributed by atoms with Crippen LogP contribution in [0.25, 0.3) is 0 Å². The van der Waals surface area contributed by atoms with E-state index in [4.69, 9.17) is 9.15 Å². The molecule has 0 aliphatic heterocycles. The summed E-state index contributed by atoms with van der Waals surface area (Å²) in [5.41, 5.74) is 0.992. The normalized spacial score (nSPS) is 15.9. The van der Waals surface area contributed by atoms with Gasteiger partial charge in [0.1, 0.15) is 0 Å². The van der Waals surface area contributed by atoms with Gasteiger partial charge in [-0.15, -0.1) is 0 Å². The zero-order chi connectivity index (χ0) is 8.97. The van der Waals surface area contributed by atoms with Gasteiger partial charge >= 0.3 is 0 Å². The number of aliphatic hydroxyl groups excluding tert-OH is 1. The Morgan fingerprint density at radius 3 is 2.92 bits per heavy atom. The Bertz CT molecular complexity index is 206. The van der Waals surface area contributed by atoms with E-state index in [-0.39, 0.29) is 6.10 Å². The number of rotatable bonds is 4. The summed E-state index contributed by atoms with van der Waals surface area (Å²) < 4.78 is 9.86. The van der Waals surface area contributed by atoms with E-state index >= 15 is 0 Å². The summed E-state index contributed by atoms with van der Waals surface area (Å²) in [6.45, 7) is 1.84. The molecule has 2 atom stereocenters. The maximum absolute atomic E-state index is 9.52. The van der Waals surface area contributed by atoms with Crippen molar-refractivity contribution in [2.75, 3.05) is 7.11 Å². The maximum atomic E-state index is 9.52. The average molecular weight is 170 g/mol. The minimum Gasteiger partial charge on any atom is -0.472 e. The SMILES string of the molecule is COC(C)C(O)Cc1ccoc1. The maximum Gasteiger partial charge on any atom is 0.0935 e. The van der Waals surface area contributed by atoms with Crippen LogP contribution >= 0.6 is 0 Å². The summed E-state index contributed by atoms with van der Waals surface area (Å²) in [7, 11) is 1.59. The lowest BCUT2D eigenvalue weighted by Crippen LogP contribution is -2.26. The molecule has 0 aromatic carbocycles.